The highest BCUT2D eigenvalue weighted by atomic mass is 35.5. The van der Waals surface area contributed by atoms with Crippen molar-refractivity contribution in [3.05, 3.63) is 11.0 Å². The van der Waals surface area contributed by atoms with Crippen molar-refractivity contribution in [3.63, 3.8) is 0 Å². The van der Waals surface area contributed by atoms with E-state index < -0.39 is 11.9 Å². The number of methoxy groups -OCH3 is 1. The quantitative estimate of drug-likeness (QED) is 0.505. The topological polar surface area (TPSA) is 71.4 Å². The number of ether oxygens (including phenoxy) is 1. The average Bonchev–Trinajstić information content (AvgIpc) is 3.16. The normalized spacial score (nSPS) is 25.7. The molecule has 2 fully saturated rings. The van der Waals surface area contributed by atoms with Crippen LogP contribution in [-0.2, 0) is 0 Å². The lowest BCUT2D eigenvalue weighted by Crippen LogP contribution is -2.41. The van der Waals surface area contributed by atoms with E-state index in [2.05, 4.69) is 15.0 Å². The zero-order valence-electron chi connectivity index (χ0n) is 13.2. The fraction of sp³-hybridized carbons (Fsp3) is 0.533. The highest BCUT2D eigenvalue weighted by Crippen LogP contribution is 2.44. The molecule has 6 nitrogen and oxygen atoms in total. The summed E-state index contributed by atoms with van der Waals surface area (Å²) in [7, 11) is 1.45. The smallest absolute Gasteiger partial charge is 0.228 e. The van der Waals surface area contributed by atoms with Gasteiger partial charge in [-0.25, -0.2) is 14.4 Å². The number of anilines is 1. The van der Waals surface area contributed by atoms with Gasteiger partial charge in [-0.2, -0.15) is 4.98 Å². The lowest BCUT2D eigenvalue weighted by atomic mass is 10.1. The van der Waals surface area contributed by atoms with E-state index in [4.69, 9.17) is 16.3 Å². The molecular weight excluding hydrogens is 355 g/mol. The number of fused-ring (bicyclic) bond motifs is 3. The number of aromatic nitrogens is 3. The Bertz CT molecular complexity index is 824. The maximum Gasteiger partial charge on any atom is 0.228 e. The summed E-state index contributed by atoms with van der Waals surface area (Å²) in [5, 5.41) is 10.8. The number of thioether (sulfide) groups is 1. The minimum atomic E-state index is -0.684. The van der Waals surface area contributed by atoms with Crippen LogP contribution in [0.2, 0.25) is 5.15 Å². The largest absolute Gasteiger partial charge is 0.480 e. The van der Waals surface area contributed by atoms with Crippen molar-refractivity contribution in [2.24, 2.45) is 5.92 Å². The van der Waals surface area contributed by atoms with E-state index in [1.807, 2.05) is 11.2 Å². The summed E-state index contributed by atoms with van der Waals surface area (Å²) < 4.78 is 19.9. The molecule has 2 bridgehead atoms. The van der Waals surface area contributed by atoms with Crippen molar-refractivity contribution >= 4 is 40.1 Å². The molecule has 2 aromatic rings. The highest BCUT2D eigenvalue weighted by molar-refractivity contribution is 7.98. The number of pyridine rings is 1. The van der Waals surface area contributed by atoms with Crippen LogP contribution in [0.1, 0.15) is 12.8 Å². The van der Waals surface area contributed by atoms with Gasteiger partial charge >= 0.3 is 0 Å². The summed E-state index contributed by atoms with van der Waals surface area (Å²) >= 11 is 7.20. The highest BCUT2D eigenvalue weighted by Gasteiger charge is 2.45. The number of nitrogens with zero attached hydrogens (tertiary/aromatic N) is 4. The molecule has 3 unspecified atom stereocenters. The number of aliphatic hydroxyl groups is 1. The van der Waals surface area contributed by atoms with Crippen LogP contribution in [0, 0.1) is 11.7 Å². The fourth-order valence-electron chi connectivity index (χ4n) is 3.76. The number of piperidine rings is 1. The summed E-state index contributed by atoms with van der Waals surface area (Å²) in [4.78, 5) is 14.8. The molecule has 3 heterocycles. The molecule has 2 aliphatic rings. The Morgan fingerprint density at radius 2 is 2.12 bits per heavy atom. The SMILES string of the molecule is COc1nc(Cl)c(F)c2nc(SC)nc(N3CC4CC(O)C3C4)c12. The number of hydrogen-bond donors (Lipinski definition) is 1. The molecule has 0 aromatic carbocycles. The van der Waals surface area contributed by atoms with E-state index in [9.17, 15) is 9.50 Å². The van der Waals surface area contributed by atoms with Gasteiger partial charge in [0.05, 0.1) is 19.3 Å². The van der Waals surface area contributed by atoms with Gasteiger partial charge in [-0.15, -0.1) is 0 Å². The third kappa shape index (κ3) is 2.31. The molecule has 24 heavy (non-hydrogen) atoms. The van der Waals surface area contributed by atoms with Crippen LogP contribution in [0.5, 0.6) is 5.88 Å². The predicted octanol–water partition coefficient (Wildman–Crippen LogP) is 2.51. The molecule has 128 valence electrons. The molecular formula is C15H16ClFN4O2S. The van der Waals surface area contributed by atoms with Gasteiger partial charge in [0.1, 0.15) is 16.7 Å². The zero-order chi connectivity index (χ0) is 17.0. The van der Waals surface area contributed by atoms with Crippen molar-refractivity contribution in [2.75, 3.05) is 24.8 Å². The minimum Gasteiger partial charge on any atom is -0.480 e. The zero-order valence-corrected chi connectivity index (χ0v) is 14.7. The average molecular weight is 371 g/mol. The molecule has 3 atom stereocenters. The number of hydrogen-bond acceptors (Lipinski definition) is 7. The van der Waals surface area contributed by atoms with E-state index in [1.54, 1.807) is 0 Å². The van der Waals surface area contributed by atoms with Crippen molar-refractivity contribution in [1.29, 1.82) is 0 Å². The van der Waals surface area contributed by atoms with Crippen LogP contribution in [0.4, 0.5) is 10.2 Å². The number of halogens is 2. The minimum absolute atomic E-state index is 0.0220. The van der Waals surface area contributed by atoms with Gasteiger partial charge in [0, 0.05) is 6.54 Å². The summed E-state index contributed by atoms with van der Waals surface area (Å²) in [6, 6.07) is -0.0220. The summed E-state index contributed by atoms with van der Waals surface area (Å²) in [6.07, 6.45) is 3.14. The molecule has 1 saturated heterocycles. The molecule has 1 saturated carbocycles. The molecule has 0 spiro atoms. The Hall–Kier alpha value is -1.38. The van der Waals surface area contributed by atoms with E-state index >= 15 is 0 Å². The fourth-order valence-corrected chi connectivity index (χ4v) is 4.28. The molecule has 9 heteroatoms. The molecule has 0 radical (unpaired) electrons. The first-order chi connectivity index (χ1) is 11.5. The van der Waals surface area contributed by atoms with Crippen LogP contribution in [-0.4, -0.2) is 52.1 Å². The molecule has 2 aromatic heterocycles. The van der Waals surface area contributed by atoms with Crippen molar-refractivity contribution in [1.82, 2.24) is 15.0 Å². The third-order valence-electron chi connectivity index (χ3n) is 4.77. The van der Waals surface area contributed by atoms with Crippen molar-refractivity contribution in [2.45, 2.75) is 30.1 Å². The second-order valence-corrected chi connectivity index (χ2v) is 7.24. The van der Waals surface area contributed by atoms with Gasteiger partial charge in [-0.1, -0.05) is 23.4 Å². The van der Waals surface area contributed by atoms with Crippen LogP contribution in [0.25, 0.3) is 10.9 Å². The van der Waals surface area contributed by atoms with Crippen molar-refractivity contribution in [3.8, 4) is 5.88 Å². The molecule has 1 aliphatic heterocycles. The Balaban J connectivity index is 1.98. The maximum absolute atomic E-state index is 14.5. The lowest BCUT2D eigenvalue weighted by Gasteiger charge is -2.32. The van der Waals surface area contributed by atoms with Gasteiger partial charge < -0.3 is 14.7 Å². The first-order valence-corrected chi connectivity index (χ1v) is 9.23. The number of aliphatic hydroxyl groups excluding tert-OH is 1. The van der Waals surface area contributed by atoms with E-state index in [0.29, 0.717) is 22.3 Å². The van der Waals surface area contributed by atoms with Crippen LogP contribution in [0.3, 0.4) is 0 Å². The predicted molar refractivity (Wildman–Crippen MR) is 90.5 cm³/mol. The van der Waals surface area contributed by atoms with E-state index in [-0.39, 0.29) is 22.6 Å². The second-order valence-electron chi connectivity index (χ2n) is 6.11. The van der Waals surface area contributed by atoms with E-state index in [0.717, 1.165) is 19.4 Å². The molecule has 1 N–H and O–H groups in total. The lowest BCUT2D eigenvalue weighted by molar-refractivity contribution is 0.146. The Morgan fingerprint density at radius 3 is 2.75 bits per heavy atom. The molecule has 0 amide bonds. The summed E-state index contributed by atoms with van der Waals surface area (Å²) in [5.41, 5.74) is 0.0958. The summed E-state index contributed by atoms with van der Waals surface area (Å²) in [5.74, 6) is 0.479. The van der Waals surface area contributed by atoms with Crippen molar-refractivity contribution < 1.29 is 14.2 Å². The standard InChI is InChI=1S/C15H16ClFN4O2S/c1-23-14-9-11(10(17)12(16)19-14)18-15(24-2)20-13(9)21-5-6-3-7(21)8(22)4-6/h6-8,22H,3-5H2,1-2H3. The van der Waals surface area contributed by atoms with E-state index in [1.165, 1.54) is 18.9 Å². The Labute approximate surface area is 147 Å². The monoisotopic (exact) mass is 370 g/mol. The Kier molecular flexibility index (Phi) is 3.93. The molecule has 1 aliphatic carbocycles. The Morgan fingerprint density at radius 1 is 1.33 bits per heavy atom. The third-order valence-corrected chi connectivity index (χ3v) is 5.57. The number of rotatable bonds is 3. The molecule has 4 rings (SSSR count). The van der Waals surface area contributed by atoms with Gasteiger partial charge in [-0.05, 0) is 25.0 Å². The first-order valence-electron chi connectivity index (χ1n) is 7.63. The van der Waals surface area contributed by atoms with Crippen LogP contribution >= 0.6 is 23.4 Å². The van der Waals surface area contributed by atoms with Gasteiger partial charge in [-0.3, -0.25) is 0 Å². The second kappa shape index (κ2) is 5.86. The summed E-state index contributed by atoms with van der Waals surface area (Å²) in [6.45, 7) is 0.773. The maximum atomic E-state index is 14.5. The van der Waals surface area contributed by atoms with Gasteiger partial charge in [0.25, 0.3) is 0 Å². The first kappa shape index (κ1) is 16.1. The van der Waals surface area contributed by atoms with Crippen LogP contribution < -0.4 is 9.64 Å². The van der Waals surface area contributed by atoms with Gasteiger partial charge in [0.15, 0.2) is 16.1 Å². The van der Waals surface area contributed by atoms with Crippen LogP contribution in [0.15, 0.2) is 5.16 Å². The van der Waals surface area contributed by atoms with Gasteiger partial charge in [0.2, 0.25) is 5.88 Å².